The molecule has 2 heterocycles. The molecule has 1 fully saturated rings. The lowest BCUT2D eigenvalue weighted by Crippen LogP contribution is -2.46. The largest absolute Gasteiger partial charge is 0.378 e. The summed E-state index contributed by atoms with van der Waals surface area (Å²) in [6.07, 6.45) is 4.04. The van der Waals surface area contributed by atoms with Crippen LogP contribution >= 0.6 is 11.8 Å². The molecule has 8 nitrogen and oxygen atoms in total. The lowest BCUT2D eigenvalue weighted by molar-refractivity contribution is -0.122. The van der Waals surface area contributed by atoms with Crippen LogP contribution in [0.1, 0.15) is 17.5 Å². The number of amides is 1. The zero-order valence-electron chi connectivity index (χ0n) is 18.4. The van der Waals surface area contributed by atoms with E-state index in [9.17, 15) is 13.2 Å². The molecule has 32 heavy (non-hydrogen) atoms. The number of benzene rings is 1. The summed E-state index contributed by atoms with van der Waals surface area (Å²) < 4.78 is 33.5. The summed E-state index contributed by atoms with van der Waals surface area (Å²) in [6, 6.07) is 9.50. The van der Waals surface area contributed by atoms with Crippen LogP contribution in [-0.2, 0) is 26.1 Å². The number of thioether (sulfide) groups is 1. The molecule has 0 radical (unpaired) electrons. The summed E-state index contributed by atoms with van der Waals surface area (Å²) in [4.78, 5) is 19.6. The van der Waals surface area contributed by atoms with Crippen molar-refractivity contribution in [3.05, 3.63) is 53.7 Å². The second-order valence-corrected chi connectivity index (χ2v) is 10.3. The minimum absolute atomic E-state index is 0.148. The van der Waals surface area contributed by atoms with Gasteiger partial charge in [0.05, 0.1) is 18.1 Å². The van der Waals surface area contributed by atoms with Gasteiger partial charge in [-0.15, -0.1) is 0 Å². The second kappa shape index (κ2) is 11.6. The highest BCUT2D eigenvalue weighted by atomic mass is 32.2. The Morgan fingerprint density at radius 2 is 1.94 bits per heavy atom. The Morgan fingerprint density at radius 3 is 2.62 bits per heavy atom. The number of ether oxygens (including phenoxy) is 1. The van der Waals surface area contributed by atoms with Crippen LogP contribution < -0.4 is 14.9 Å². The van der Waals surface area contributed by atoms with Crippen molar-refractivity contribution in [2.45, 2.75) is 30.8 Å². The molecule has 0 bridgehead atoms. The molecular formula is C22H30N4O4S2. The maximum Gasteiger partial charge on any atom is 0.241 e. The monoisotopic (exact) mass is 478 g/mol. The molecule has 1 aliphatic heterocycles. The van der Waals surface area contributed by atoms with E-state index in [0.717, 1.165) is 30.0 Å². The third kappa shape index (κ3) is 6.93. The predicted molar refractivity (Wildman–Crippen MR) is 127 cm³/mol. The fraction of sp³-hybridized carbons (Fsp3) is 0.455. The van der Waals surface area contributed by atoms with Crippen molar-refractivity contribution in [1.82, 2.24) is 15.0 Å². The molecule has 10 heteroatoms. The van der Waals surface area contributed by atoms with Crippen molar-refractivity contribution >= 4 is 33.5 Å². The Hall–Kier alpha value is -2.14. The molecule has 1 aromatic heterocycles. The van der Waals surface area contributed by atoms with Gasteiger partial charge in [0.15, 0.2) is 0 Å². The van der Waals surface area contributed by atoms with Gasteiger partial charge in [-0.2, -0.15) is 16.5 Å². The molecule has 3 rings (SSSR count). The third-order valence-corrected chi connectivity index (χ3v) is 7.30. The van der Waals surface area contributed by atoms with Gasteiger partial charge in [0.2, 0.25) is 15.9 Å². The van der Waals surface area contributed by atoms with Crippen LogP contribution in [0.5, 0.6) is 0 Å². The number of hydrogen-bond acceptors (Lipinski definition) is 7. The Morgan fingerprint density at radius 1 is 1.22 bits per heavy atom. The second-order valence-electron chi connectivity index (χ2n) is 7.61. The van der Waals surface area contributed by atoms with Crippen molar-refractivity contribution < 1.29 is 17.9 Å². The molecule has 174 valence electrons. The van der Waals surface area contributed by atoms with Gasteiger partial charge in [-0.3, -0.25) is 4.79 Å². The first-order valence-corrected chi connectivity index (χ1v) is 13.4. The van der Waals surface area contributed by atoms with Crippen molar-refractivity contribution in [3.8, 4) is 0 Å². The van der Waals surface area contributed by atoms with Crippen LogP contribution in [0.4, 0.5) is 5.82 Å². The number of carbonyl (C=O) groups excluding carboxylic acids is 1. The van der Waals surface area contributed by atoms with Crippen molar-refractivity contribution in [2.24, 2.45) is 0 Å². The van der Waals surface area contributed by atoms with Crippen LogP contribution in [0.2, 0.25) is 0 Å². The van der Waals surface area contributed by atoms with Gasteiger partial charge < -0.3 is 15.0 Å². The molecular weight excluding hydrogens is 448 g/mol. The lowest BCUT2D eigenvalue weighted by Gasteiger charge is -2.28. The number of anilines is 1. The number of nitrogens with zero attached hydrogens (tertiary/aromatic N) is 2. The van der Waals surface area contributed by atoms with E-state index in [4.69, 9.17) is 4.74 Å². The lowest BCUT2D eigenvalue weighted by atomic mass is 10.2. The van der Waals surface area contributed by atoms with E-state index in [0.29, 0.717) is 31.9 Å². The number of carbonyl (C=O) groups is 1. The Labute approximate surface area is 194 Å². The summed E-state index contributed by atoms with van der Waals surface area (Å²) >= 11 is 1.56. The third-order valence-electron chi connectivity index (χ3n) is 5.17. The molecule has 1 saturated heterocycles. The average molecular weight is 479 g/mol. The van der Waals surface area contributed by atoms with E-state index in [1.165, 1.54) is 0 Å². The molecule has 1 amide bonds. The SMILES string of the molecule is CSCC[C@@H](NS(=O)(=O)c1ccc(C)cc1)C(=O)NCc1ccnc(N2CCOCC2)c1. The summed E-state index contributed by atoms with van der Waals surface area (Å²) in [7, 11) is -3.80. The van der Waals surface area contributed by atoms with Crippen LogP contribution in [0.3, 0.4) is 0 Å². The quantitative estimate of drug-likeness (QED) is 0.538. The first-order valence-electron chi connectivity index (χ1n) is 10.5. The highest BCUT2D eigenvalue weighted by Gasteiger charge is 2.25. The van der Waals surface area contributed by atoms with Crippen LogP contribution in [-0.4, -0.2) is 63.7 Å². The molecule has 0 unspecified atom stereocenters. The molecule has 1 aromatic carbocycles. The first-order chi connectivity index (χ1) is 15.4. The van der Waals surface area contributed by atoms with E-state index in [1.54, 1.807) is 42.2 Å². The maximum absolute atomic E-state index is 12.9. The topological polar surface area (TPSA) is 101 Å². The van der Waals surface area contributed by atoms with Gasteiger partial charge in [-0.25, -0.2) is 13.4 Å². The number of nitrogens with one attached hydrogen (secondary N) is 2. The average Bonchev–Trinajstić information content (AvgIpc) is 2.81. The first kappa shape index (κ1) is 24.5. The van der Waals surface area contributed by atoms with E-state index in [1.807, 2.05) is 25.3 Å². The Kier molecular flexibility index (Phi) is 8.92. The van der Waals surface area contributed by atoms with Gasteiger partial charge in [-0.05, 0) is 55.2 Å². The van der Waals surface area contributed by atoms with Gasteiger partial charge in [0.1, 0.15) is 11.9 Å². The Balaban J connectivity index is 1.65. The molecule has 0 aliphatic carbocycles. The molecule has 2 N–H and O–H groups in total. The van der Waals surface area contributed by atoms with E-state index < -0.39 is 16.1 Å². The molecule has 0 spiro atoms. The summed E-state index contributed by atoms with van der Waals surface area (Å²) in [5.41, 5.74) is 1.87. The standard InChI is InChI=1S/C22H30N4O4S2/c1-17-3-5-19(6-4-17)32(28,29)25-20(8-14-31-2)22(27)24-16-18-7-9-23-21(15-18)26-10-12-30-13-11-26/h3-7,9,15,20,25H,8,10-14,16H2,1-2H3,(H,24,27)/t20-/m1/s1. The summed E-state index contributed by atoms with van der Waals surface area (Å²) in [6.45, 7) is 5.07. The normalized spacial score (nSPS) is 15.4. The highest BCUT2D eigenvalue weighted by molar-refractivity contribution is 7.98. The summed E-state index contributed by atoms with van der Waals surface area (Å²) in [5, 5.41) is 2.88. The highest BCUT2D eigenvalue weighted by Crippen LogP contribution is 2.15. The smallest absolute Gasteiger partial charge is 0.241 e. The zero-order chi connectivity index (χ0) is 23.0. The van der Waals surface area contributed by atoms with Gasteiger partial charge in [0, 0.05) is 25.8 Å². The van der Waals surface area contributed by atoms with Crippen LogP contribution in [0.15, 0.2) is 47.5 Å². The molecule has 2 aromatic rings. The molecule has 0 saturated carbocycles. The number of aromatic nitrogens is 1. The van der Waals surface area contributed by atoms with E-state index in [2.05, 4.69) is 19.9 Å². The minimum Gasteiger partial charge on any atom is -0.378 e. The number of morpholine rings is 1. The van der Waals surface area contributed by atoms with Crippen molar-refractivity contribution in [1.29, 1.82) is 0 Å². The van der Waals surface area contributed by atoms with Crippen molar-refractivity contribution in [2.75, 3.05) is 43.2 Å². The predicted octanol–water partition coefficient (Wildman–Crippen LogP) is 1.94. The Bertz CT molecular complexity index is 993. The van der Waals surface area contributed by atoms with Crippen molar-refractivity contribution in [3.63, 3.8) is 0 Å². The number of rotatable bonds is 10. The summed E-state index contributed by atoms with van der Waals surface area (Å²) in [5.74, 6) is 1.16. The van der Waals surface area contributed by atoms with Gasteiger partial charge in [0.25, 0.3) is 0 Å². The van der Waals surface area contributed by atoms with Gasteiger partial charge >= 0.3 is 0 Å². The number of aryl methyl sites for hydroxylation is 1. The fourth-order valence-electron chi connectivity index (χ4n) is 3.30. The van der Waals surface area contributed by atoms with E-state index in [-0.39, 0.29) is 10.8 Å². The number of pyridine rings is 1. The van der Waals surface area contributed by atoms with E-state index >= 15 is 0 Å². The van der Waals surface area contributed by atoms with Gasteiger partial charge in [-0.1, -0.05) is 17.7 Å². The van der Waals surface area contributed by atoms with Crippen LogP contribution in [0.25, 0.3) is 0 Å². The van der Waals surface area contributed by atoms with Crippen LogP contribution in [0, 0.1) is 6.92 Å². The zero-order valence-corrected chi connectivity index (χ0v) is 20.0. The molecule has 1 atom stereocenters. The minimum atomic E-state index is -3.80. The fourth-order valence-corrected chi connectivity index (χ4v) is 5.00. The number of hydrogen-bond donors (Lipinski definition) is 2. The number of sulfonamides is 1. The maximum atomic E-state index is 12.9. The molecule has 1 aliphatic rings.